The molecular weight excluding hydrogens is 275 g/mol. The van der Waals surface area contributed by atoms with Gasteiger partial charge in [0.25, 0.3) is 0 Å². The number of halogens is 3. The van der Waals surface area contributed by atoms with Crippen molar-refractivity contribution in [3.05, 3.63) is 35.4 Å². The zero-order valence-electron chi connectivity index (χ0n) is 12.7. The van der Waals surface area contributed by atoms with Crippen LogP contribution in [-0.4, -0.2) is 6.04 Å². The monoisotopic (exact) mass is 299 g/mol. The molecule has 2 atom stereocenters. The summed E-state index contributed by atoms with van der Waals surface area (Å²) in [7, 11) is 0. The number of alkyl halides is 3. The molecule has 1 fully saturated rings. The largest absolute Gasteiger partial charge is 0.416 e. The van der Waals surface area contributed by atoms with Crippen molar-refractivity contribution in [2.45, 2.75) is 64.2 Å². The van der Waals surface area contributed by atoms with E-state index < -0.39 is 11.7 Å². The fourth-order valence-electron chi connectivity index (χ4n) is 3.25. The molecule has 0 saturated heterocycles. The van der Waals surface area contributed by atoms with Crippen LogP contribution in [0.1, 0.15) is 63.1 Å². The molecular formula is C17H24F3N. The average Bonchev–Trinajstić information content (AvgIpc) is 2.47. The van der Waals surface area contributed by atoms with E-state index in [1.165, 1.54) is 44.2 Å². The van der Waals surface area contributed by atoms with Crippen LogP contribution in [0.3, 0.4) is 0 Å². The second-order valence-corrected chi connectivity index (χ2v) is 6.20. The van der Waals surface area contributed by atoms with Gasteiger partial charge < -0.3 is 5.32 Å². The smallest absolute Gasteiger partial charge is 0.307 e. The normalized spacial score (nSPS) is 20.2. The van der Waals surface area contributed by atoms with E-state index in [4.69, 9.17) is 0 Å². The van der Waals surface area contributed by atoms with Crippen LogP contribution >= 0.6 is 0 Å². The molecule has 1 nitrogen and oxygen atoms in total. The molecule has 1 aliphatic rings. The molecule has 0 heterocycles. The van der Waals surface area contributed by atoms with Crippen molar-refractivity contribution < 1.29 is 13.2 Å². The number of nitrogens with one attached hydrogen (secondary N) is 1. The van der Waals surface area contributed by atoms with Crippen LogP contribution in [0.4, 0.5) is 13.2 Å². The number of benzene rings is 1. The minimum atomic E-state index is -4.27. The molecule has 2 unspecified atom stereocenters. The third-order valence-electron chi connectivity index (χ3n) is 4.58. The maximum atomic E-state index is 12.8. The Hall–Kier alpha value is -1.03. The Morgan fingerprint density at radius 2 is 1.76 bits per heavy atom. The van der Waals surface area contributed by atoms with Crippen molar-refractivity contribution in [1.29, 1.82) is 0 Å². The van der Waals surface area contributed by atoms with E-state index in [0.717, 1.165) is 6.07 Å². The third-order valence-corrected chi connectivity index (χ3v) is 4.58. The highest BCUT2D eigenvalue weighted by Crippen LogP contribution is 2.31. The molecule has 0 aromatic heterocycles. The molecule has 0 bridgehead atoms. The van der Waals surface area contributed by atoms with E-state index in [1.54, 1.807) is 6.07 Å². The number of hydrogen-bond donors (Lipinski definition) is 1. The van der Waals surface area contributed by atoms with E-state index >= 15 is 0 Å². The average molecular weight is 299 g/mol. The van der Waals surface area contributed by atoms with Gasteiger partial charge in [0.1, 0.15) is 0 Å². The van der Waals surface area contributed by atoms with Gasteiger partial charge in [0.2, 0.25) is 0 Å². The van der Waals surface area contributed by atoms with E-state index in [9.17, 15) is 13.2 Å². The highest BCUT2D eigenvalue weighted by molar-refractivity contribution is 5.27. The van der Waals surface area contributed by atoms with Crippen LogP contribution in [0.25, 0.3) is 0 Å². The standard InChI is InChI=1S/C17H24F3N/c1-12(14-7-4-3-5-8-14)21-13(2)15-9-6-10-16(11-15)17(18,19)20/h6,9-14,21H,3-5,7-8H2,1-2H3. The summed E-state index contributed by atoms with van der Waals surface area (Å²) in [5.74, 6) is 0.645. The van der Waals surface area contributed by atoms with Crippen molar-refractivity contribution in [3.63, 3.8) is 0 Å². The Bertz CT molecular complexity index is 450. The first kappa shape index (κ1) is 16.3. The topological polar surface area (TPSA) is 12.0 Å². The lowest BCUT2D eigenvalue weighted by Crippen LogP contribution is -2.36. The molecule has 1 N–H and O–H groups in total. The second-order valence-electron chi connectivity index (χ2n) is 6.20. The van der Waals surface area contributed by atoms with Crippen molar-refractivity contribution in [2.24, 2.45) is 5.92 Å². The minimum Gasteiger partial charge on any atom is -0.307 e. The molecule has 1 aromatic rings. The molecule has 1 aromatic carbocycles. The van der Waals surface area contributed by atoms with Crippen molar-refractivity contribution >= 4 is 0 Å². The first-order chi connectivity index (χ1) is 9.88. The fraction of sp³-hybridized carbons (Fsp3) is 0.647. The number of hydrogen-bond acceptors (Lipinski definition) is 1. The molecule has 1 aliphatic carbocycles. The highest BCUT2D eigenvalue weighted by Gasteiger charge is 2.31. The predicted molar refractivity (Wildman–Crippen MR) is 79.0 cm³/mol. The summed E-state index contributed by atoms with van der Waals surface area (Å²) >= 11 is 0. The molecule has 0 spiro atoms. The Morgan fingerprint density at radius 3 is 2.38 bits per heavy atom. The van der Waals surface area contributed by atoms with Crippen molar-refractivity contribution in [3.8, 4) is 0 Å². The first-order valence-corrected chi connectivity index (χ1v) is 7.81. The Balaban J connectivity index is 2.01. The first-order valence-electron chi connectivity index (χ1n) is 7.81. The molecule has 0 radical (unpaired) electrons. The van der Waals surface area contributed by atoms with Gasteiger partial charge >= 0.3 is 6.18 Å². The lowest BCUT2D eigenvalue weighted by Gasteiger charge is -2.31. The third kappa shape index (κ3) is 4.47. The molecule has 4 heteroatoms. The highest BCUT2D eigenvalue weighted by atomic mass is 19.4. The molecule has 118 valence electrons. The predicted octanol–water partition coefficient (Wildman–Crippen LogP) is 5.32. The van der Waals surface area contributed by atoms with Gasteiger partial charge in [-0.25, -0.2) is 0 Å². The summed E-state index contributed by atoms with van der Waals surface area (Å²) in [6.45, 7) is 4.09. The Morgan fingerprint density at radius 1 is 1.10 bits per heavy atom. The van der Waals surface area contributed by atoms with E-state index in [-0.39, 0.29) is 6.04 Å². The lowest BCUT2D eigenvalue weighted by molar-refractivity contribution is -0.137. The van der Waals surface area contributed by atoms with Gasteiger partial charge in [-0.3, -0.25) is 0 Å². The zero-order chi connectivity index (χ0) is 15.5. The zero-order valence-corrected chi connectivity index (χ0v) is 12.7. The molecule has 0 aliphatic heterocycles. The number of rotatable bonds is 4. The van der Waals surface area contributed by atoms with Crippen molar-refractivity contribution in [1.82, 2.24) is 5.32 Å². The quantitative estimate of drug-likeness (QED) is 0.793. The summed E-state index contributed by atoms with van der Waals surface area (Å²) in [5, 5.41) is 3.48. The van der Waals surface area contributed by atoms with Gasteiger partial charge in [-0.15, -0.1) is 0 Å². The summed E-state index contributed by atoms with van der Waals surface area (Å²) in [5.41, 5.74) is 0.131. The summed E-state index contributed by atoms with van der Waals surface area (Å²) in [6.07, 6.45) is 2.04. The van der Waals surface area contributed by atoms with Gasteiger partial charge in [0.05, 0.1) is 5.56 Å². The van der Waals surface area contributed by atoms with Gasteiger partial charge in [-0.1, -0.05) is 31.4 Å². The van der Waals surface area contributed by atoms with Gasteiger partial charge in [0.15, 0.2) is 0 Å². The van der Waals surface area contributed by atoms with E-state index in [2.05, 4.69) is 12.2 Å². The molecule has 1 saturated carbocycles. The van der Waals surface area contributed by atoms with Crippen molar-refractivity contribution in [2.75, 3.05) is 0 Å². The minimum absolute atomic E-state index is 0.0655. The van der Waals surface area contributed by atoms with Crippen LogP contribution in [-0.2, 0) is 6.18 Å². The molecule has 0 amide bonds. The fourth-order valence-corrected chi connectivity index (χ4v) is 3.25. The van der Waals surface area contributed by atoms with Crippen LogP contribution in [0.5, 0.6) is 0 Å². The molecule has 21 heavy (non-hydrogen) atoms. The van der Waals surface area contributed by atoms with Gasteiger partial charge in [-0.2, -0.15) is 13.2 Å². The van der Waals surface area contributed by atoms with E-state index in [1.807, 2.05) is 6.92 Å². The van der Waals surface area contributed by atoms with Gasteiger partial charge in [-0.05, 0) is 50.3 Å². The maximum Gasteiger partial charge on any atom is 0.416 e. The van der Waals surface area contributed by atoms with E-state index in [0.29, 0.717) is 17.5 Å². The Labute approximate surface area is 124 Å². The maximum absolute atomic E-state index is 12.8. The summed E-state index contributed by atoms with van der Waals surface area (Å²) < 4.78 is 38.3. The molecule has 2 rings (SSSR count). The summed E-state index contributed by atoms with van der Waals surface area (Å²) in [4.78, 5) is 0. The second kappa shape index (κ2) is 6.82. The van der Waals surface area contributed by atoms with Crippen LogP contribution < -0.4 is 5.32 Å². The lowest BCUT2D eigenvalue weighted by atomic mass is 9.84. The van der Waals surface area contributed by atoms with Crippen LogP contribution in [0.15, 0.2) is 24.3 Å². The SMILES string of the molecule is CC(NC(C)C1CCCCC1)c1cccc(C(F)(F)F)c1. The Kier molecular flexibility index (Phi) is 5.31. The summed E-state index contributed by atoms with van der Waals surface area (Å²) in [6, 6.07) is 5.91. The van der Waals surface area contributed by atoms with Gasteiger partial charge in [0, 0.05) is 12.1 Å². The van der Waals surface area contributed by atoms with Crippen LogP contribution in [0.2, 0.25) is 0 Å². The van der Waals surface area contributed by atoms with Crippen LogP contribution in [0, 0.1) is 5.92 Å².